The largest absolute Gasteiger partial charge is 0.480 e. The molecule has 1 fully saturated rings. The van der Waals surface area contributed by atoms with Gasteiger partial charge in [-0.15, -0.1) is 0 Å². The molecule has 1 N–H and O–H groups in total. The average Bonchev–Trinajstić information content (AvgIpc) is 3.04. The second kappa shape index (κ2) is 4.69. The van der Waals surface area contributed by atoms with Crippen LogP contribution in [-0.2, 0) is 4.79 Å². The Morgan fingerprint density at radius 3 is 2.71 bits per heavy atom. The Morgan fingerprint density at radius 1 is 1.47 bits per heavy atom. The smallest absolute Gasteiger partial charge is 0.323 e. The Hall–Kier alpha value is -1.65. The monoisotopic (exact) mass is 235 g/mol. The summed E-state index contributed by atoms with van der Waals surface area (Å²) in [6, 6.07) is 0. The summed E-state index contributed by atoms with van der Waals surface area (Å²) >= 11 is 0. The van der Waals surface area contributed by atoms with Crippen LogP contribution in [0.5, 0.6) is 0 Å². The summed E-state index contributed by atoms with van der Waals surface area (Å²) in [7, 11) is 0. The van der Waals surface area contributed by atoms with Crippen LogP contribution >= 0.6 is 0 Å². The SMILES string of the molecule is Cc1ncc(N(CC(=O)O)CC2CC2)nc1C. The first-order chi connectivity index (χ1) is 8.06. The lowest BCUT2D eigenvalue weighted by molar-refractivity contribution is -0.135. The van der Waals surface area contributed by atoms with Gasteiger partial charge in [0.1, 0.15) is 12.4 Å². The molecule has 5 nitrogen and oxygen atoms in total. The number of hydrogen-bond donors (Lipinski definition) is 1. The molecule has 0 radical (unpaired) electrons. The Kier molecular flexibility index (Phi) is 3.26. The Bertz CT molecular complexity index is 430. The van der Waals surface area contributed by atoms with Gasteiger partial charge in [-0.1, -0.05) is 0 Å². The zero-order valence-electron chi connectivity index (χ0n) is 10.2. The molecule has 1 aromatic heterocycles. The van der Waals surface area contributed by atoms with Crippen molar-refractivity contribution >= 4 is 11.8 Å². The molecule has 92 valence electrons. The van der Waals surface area contributed by atoms with Crippen LogP contribution in [0.3, 0.4) is 0 Å². The number of carboxylic acid groups (broad SMARTS) is 1. The van der Waals surface area contributed by atoms with Crippen LogP contribution in [0.1, 0.15) is 24.2 Å². The summed E-state index contributed by atoms with van der Waals surface area (Å²) in [5, 5.41) is 8.91. The zero-order chi connectivity index (χ0) is 12.4. The molecule has 1 saturated carbocycles. The maximum absolute atomic E-state index is 10.8. The number of carboxylic acids is 1. The molecular formula is C12H17N3O2. The standard InChI is InChI=1S/C12H17N3O2/c1-8-9(2)14-11(5-13-8)15(7-12(16)17)6-10-3-4-10/h5,10H,3-4,6-7H2,1-2H3,(H,16,17). The van der Waals surface area contributed by atoms with Crippen molar-refractivity contribution < 1.29 is 9.90 Å². The van der Waals surface area contributed by atoms with Crippen LogP contribution in [0, 0.1) is 19.8 Å². The highest BCUT2D eigenvalue weighted by atomic mass is 16.4. The van der Waals surface area contributed by atoms with E-state index >= 15 is 0 Å². The number of nitrogens with zero attached hydrogens (tertiary/aromatic N) is 3. The molecule has 0 bridgehead atoms. The molecule has 0 amide bonds. The first kappa shape index (κ1) is 11.8. The summed E-state index contributed by atoms with van der Waals surface area (Å²) in [5.74, 6) is 0.464. The van der Waals surface area contributed by atoms with E-state index in [1.54, 1.807) is 11.1 Å². The van der Waals surface area contributed by atoms with Gasteiger partial charge in [-0.3, -0.25) is 9.78 Å². The van der Waals surface area contributed by atoms with E-state index < -0.39 is 5.97 Å². The van der Waals surface area contributed by atoms with Crippen LogP contribution in [0.15, 0.2) is 6.20 Å². The topological polar surface area (TPSA) is 66.3 Å². The average molecular weight is 235 g/mol. The predicted octanol–water partition coefficient (Wildman–Crippen LogP) is 1.39. The minimum atomic E-state index is -0.828. The molecule has 2 rings (SSSR count). The lowest BCUT2D eigenvalue weighted by atomic mass is 10.3. The van der Waals surface area contributed by atoms with E-state index in [0.29, 0.717) is 11.7 Å². The van der Waals surface area contributed by atoms with Gasteiger partial charge in [0, 0.05) is 6.54 Å². The van der Waals surface area contributed by atoms with Crippen LogP contribution in [-0.4, -0.2) is 34.1 Å². The molecular weight excluding hydrogens is 218 g/mol. The summed E-state index contributed by atoms with van der Waals surface area (Å²) in [6.07, 6.45) is 4.04. The highest BCUT2D eigenvalue weighted by Gasteiger charge is 2.26. The van der Waals surface area contributed by atoms with Gasteiger partial charge in [0.2, 0.25) is 0 Å². The third kappa shape index (κ3) is 3.15. The lowest BCUT2D eigenvalue weighted by Gasteiger charge is -2.21. The molecule has 5 heteroatoms. The Labute approximate surface area is 100 Å². The van der Waals surface area contributed by atoms with Crippen molar-refractivity contribution in [2.75, 3.05) is 18.0 Å². The van der Waals surface area contributed by atoms with Crippen molar-refractivity contribution in [2.45, 2.75) is 26.7 Å². The van der Waals surface area contributed by atoms with E-state index in [4.69, 9.17) is 5.11 Å². The predicted molar refractivity (Wildman–Crippen MR) is 64.1 cm³/mol. The van der Waals surface area contributed by atoms with Crippen molar-refractivity contribution in [3.8, 4) is 0 Å². The van der Waals surface area contributed by atoms with Gasteiger partial charge in [-0.25, -0.2) is 4.98 Å². The minimum absolute atomic E-state index is 0.00627. The number of aryl methyl sites for hydroxylation is 2. The van der Waals surface area contributed by atoms with Crippen molar-refractivity contribution in [1.29, 1.82) is 0 Å². The second-order valence-corrected chi connectivity index (χ2v) is 4.62. The third-order valence-electron chi connectivity index (χ3n) is 3.01. The van der Waals surface area contributed by atoms with Gasteiger partial charge in [-0.05, 0) is 32.6 Å². The normalized spacial score (nSPS) is 14.7. The van der Waals surface area contributed by atoms with Crippen LogP contribution in [0.2, 0.25) is 0 Å². The molecule has 1 heterocycles. The van der Waals surface area contributed by atoms with Gasteiger partial charge in [0.25, 0.3) is 0 Å². The number of hydrogen-bond acceptors (Lipinski definition) is 4. The van der Waals surface area contributed by atoms with E-state index in [2.05, 4.69) is 9.97 Å². The Balaban J connectivity index is 2.16. The molecule has 17 heavy (non-hydrogen) atoms. The quantitative estimate of drug-likeness (QED) is 0.835. The molecule has 0 aromatic carbocycles. The fourth-order valence-corrected chi connectivity index (χ4v) is 1.70. The van der Waals surface area contributed by atoms with E-state index in [1.165, 1.54) is 12.8 Å². The molecule has 0 unspecified atom stereocenters. The van der Waals surface area contributed by atoms with E-state index in [-0.39, 0.29) is 6.54 Å². The maximum Gasteiger partial charge on any atom is 0.323 e. The number of carbonyl (C=O) groups is 1. The van der Waals surface area contributed by atoms with Gasteiger partial charge in [-0.2, -0.15) is 0 Å². The molecule has 0 saturated heterocycles. The number of anilines is 1. The number of aromatic nitrogens is 2. The summed E-state index contributed by atoms with van der Waals surface area (Å²) < 4.78 is 0. The minimum Gasteiger partial charge on any atom is -0.480 e. The highest BCUT2D eigenvalue weighted by Crippen LogP contribution is 2.30. The summed E-state index contributed by atoms with van der Waals surface area (Å²) in [4.78, 5) is 21.3. The fraction of sp³-hybridized carbons (Fsp3) is 0.583. The maximum atomic E-state index is 10.8. The van der Waals surface area contributed by atoms with E-state index in [9.17, 15) is 4.79 Å². The van der Waals surface area contributed by atoms with Crippen molar-refractivity contribution in [3.05, 3.63) is 17.6 Å². The van der Waals surface area contributed by atoms with Crippen LogP contribution < -0.4 is 4.90 Å². The van der Waals surface area contributed by atoms with E-state index in [0.717, 1.165) is 17.9 Å². The molecule has 0 atom stereocenters. The second-order valence-electron chi connectivity index (χ2n) is 4.62. The molecule has 0 aliphatic heterocycles. The fourth-order valence-electron chi connectivity index (χ4n) is 1.70. The van der Waals surface area contributed by atoms with Crippen molar-refractivity contribution in [2.24, 2.45) is 5.92 Å². The molecule has 1 aliphatic carbocycles. The van der Waals surface area contributed by atoms with Crippen molar-refractivity contribution in [3.63, 3.8) is 0 Å². The summed E-state index contributed by atoms with van der Waals surface area (Å²) in [5.41, 5.74) is 1.74. The van der Waals surface area contributed by atoms with Gasteiger partial charge >= 0.3 is 5.97 Å². The van der Waals surface area contributed by atoms with Crippen LogP contribution in [0.25, 0.3) is 0 Å². The molecule has 1 aromatic rings. The van der Waals surface area contributed by atoms with Gasteiger partial charge < -0.3 is 10.0 Å². The first-order valence-electron chi connectivity index (χ1n) is 5.83. The van der Waals surface area contributed by atoms with E-state index in [1.807, 2.05) is 13.8 Å². The summed E-state index contributed by atoms with van der Waals surface area (Å²) in [6.45, 7) is 4.55. The first-order valence-corrected chi connectivity index (χ1v) is 5.83. The number of aliphatic carboxylic acids is 1. The van der Waals surface area contributed by atoms with Crippen LogP contribution in [0.4, 0.5) is 5.82 Å². The Morgan fingerprint density at radius 2 is 2.18 bits per heavy atom. The van der Waals surface area contributed by atoms with Crippen molar-refractivity contribution in [1.82, 2.24) is 9.97 Å². The lowest BCUT2D eigenvalue weighted by Crippen LogP contribution is -2.32. The number of rotatable bonds is 5. The van der Waals surface area contributed by atoms with Gasteiger partial charge in [0.15, 0.2) is 0 Å². The zero-order valence-corrected chi connectivity index (χ0v) is 10.2. The molecule has 0 spiro atoms. The molecule has 1 aliphatic rings. The third-order valence-corrected chi connectivity index (χ3v) is 3.01. The van der Waals surface area contributed by atoms with Gasteiger partial charge in [0.05, 0.1) is 17.6 Å². The highest BCUT2D eigenvalue weighted by molar-refractivity contribution is 5.73.